The van der Waals surface area contributed by atoms with E-state index in [1.54, 1.807) is 6.08 Å². The van der Waals surface area contributed by atoms with Gasteiger partial charge in [0.1, 0.15) is 5.75 Å². The number of rotatable bonds is 3. The number of nitrogens with zero attached hydrogens (tertiary/aromatic N) is 1. The van der Waals surface area contributed by atoms with Gasteiger partial charge in [-0.1, -0.05) is 36.9 Å². The number of hydrogen-bond donors (Lipinski definition) is 0. The summed E-state index contributed by atoms with van der Waals surface area (Å²) in [5.74, 6) is 0.988. The van der Waals surface area contributed by atoms with Gasteiger partial charge in [0.2, 0.25) is 0 Å². The predicted molar refractivity (Wildman–Crippen MR) is 70.6 cm³/mol. The molecule has 2 heteroatoms. The van der Waals surface area contributed by atoms with E-state index >= 15 is 0 Å². The molecule has 1 aliphatic rings. The summed E-state index contributed by atoms with van der Waals surface area (Å²) < 4.78 is 5.73. The molecular formula is C15H17NO. The Morgan fingerprint density at radius 3 is 3.00 bits per heavy atom. The zero-order valence-corrected chi connectivity index (χ0v) is 10.1. The minimum atomic E-state index is 0.584. The summed E-state index contributed by atoms with van der Waals surface area (Å²) in [6.07, 6.45) is 7.89. The van der Waals surface area contributed by atoms with Gasteiger partial charge in [-0.3, -0.25) is 0 Å². The normalized spacial score (nSPS) is 15.6. The number of hydrogen-bond acceptors (Lipinski definition) is 2. The van der Waals surface area contributed by atoms with Crippen molar-refractivity contribution in [2.75, 3.05) is 6.73 Å². The highest BCUT2D eigenvalue weighted by Gasteiger charge is 2.16. The fourth-order valence-electron chi connectivity index (χ4n) is 1.90. The minimum absolute atomic E-state index is 0.584. The molecule has 0 aliphatic carbocycles. The van der Waals surface area contributed by atoms with Crippen molar-refractivity contribution in [1.29, 1.82) is 0 Å². The number of ether oxygens (including phenoxy) is 1. The zero-order valence-electron chi connectivity index (χ0n) is 10.1. The van der Waals surface area contributed by atoms with Crippen LogP contribution >= 0.6 is 0 Å². The highest BCUT2D eigenvalue weighted by atomic mass is 16.5. The molecule has 0 unspecified atom stereocenters. The SMILES string of the molecule is C=C/C=C(\C=C/C)N1COc2ccccc2C1. The number of allylic oxidation sites excluding steroid dienone is 4. The Kier molecular flexibility index (Phi) is 3.66. The maximum absolute atomic E-state index is 5.73. The summed E-state index contributed by atoms with van der Waals surface area (Å²) in [5.41, 5.74) is 2.34. The van der Waals surface area contributed by atoms with Gasteiger partial charge in [0.15, 0.2) is 6.73 Å². The molecule has 2 rings (SSSR count). The molecule has 0 amide bonds. The molecule has 0 bridgehead atoms. The first-order valence-electron chi connectivity index (χ1n) is 5.76. The molecule has 1 heterocycles. The quantitative estimate of drug-likeness (QED) is 0.733. The molecule has 0 spiro atoms. The molecule has 17 heavy (non-hydrogen) atoms. The lowest BCUT2D eigenvalue weighted by Gasteiger charge is -2.31. The van der Waals surface area contributed by atoms with E-state index in [0.717, 1.165) is 18.0 Å². The highest BCUT2D eigenvalue weighted by Crippen LogP contribution is 2.26. The Morgan fingerprint density at radius 1 is 1.41 bits per heavy atom. The van der Waals surface area contributed by atoms with E-state index in [2.05, 4.69) is 23.6 Å². The summed E-state index contributed by atoms with van der Waals surface area (Å²) in [7, 11) is 0. The smallest absolute Gasteiger partial charge is 0.161 e. The summed E-state index contributed by atoms with van der Waals surface area (Å²) in [6, 6.07) is 8.15. The molecule has 0 aromatic heterocycles. The van der Waals surface area contributed by atoms with Crippen molar-refractivity contribution in [2.45, 2.75) is 13.5 Å². The van der Waals surface area contributed by atoms with Crippen LogP contribution in [0.1, 0.15) is 12.5 Å². The second-order valence-electron chi connectivity index (χ2n) is 3.91. The van der Waals surface area contributed by atoms with E-state index in [4.69, 9.17) is 4.74 Å². The Bertz CT molecular complexity index is 460. The Hall–Kier alpha value is -1.96. The maximum Gasteiger partial charge on any atom is 0.161 e. The summed E-state index contributed by atoms with van der Waals surface area (Å²) >= 11 is 0. The number of para-hydroxylation sites is 1. The van der Waals surface area contributed by atoms with E-state index in [0.29, 0.717) is 6.73 Å². The summed E-state index contributed by atoms with van der Waals surface area (Å²) in [5, 5.41) is 0. The lowest BCUT2D eigenvalue weighted by molar-refractivity contribution is 0.132. The molecule has 1 aromatic carbocycles. The molecule has 2 nitrogen and oxygen atoms in total. The first kappa shape index (κ1) is 11.5. The van der Waals surface area contributed by atoms with E-state index in [-0.39, 0.29) is 0 Å². The minimum Gasteiger partial charge on any atom is -0.473 e. The lowest BCUT2D eigenvalue weighted by Crippen LogP contribution is -2.30. The van der Waals surface area contributed by atoms with E-state index in [1.165, 1.54) is 5.56 Å². The van der Waals surface area contributed by atoms with Crippen LogP contribution in [0.25, 0.3) is 0 Å². The van der Waals surface area contributed by atoms with Gasteiger partial charge < -0.3 is 9.64 Å². The first-order valence-corrected chi connectivity index (χ1v) is 5.76. The lowest BCUT2D eigenvalue weighted by atomic mass is 10.1. The van der Waals surface area contributed by atoms with Gasteiger partial charge in [-0.05, 0) is 25.1 Å². The Labute approximate surface area is 103 Å². The Morgan fingerprint density at radius 2 is 2.24 bits per heavy atom. The third-order valence-electron chi connectivity index (χ3n) is 2.70. The van der Waals surface area contributed by atoms with Crippen molar-refractivity contribution in [2.24, 2.45) is 0 Å². The molecule has 88 valence electrons. The second kappa shape index (κ2) is 5.39. The third-order valence-corrected chi connectivity index (χ3v) is 2.70. The molecule has 0 radical (unpaired) electrons. The van der Waals surface area contributed by atoms with E-state index in [9.17, 15) is 0 Å². The molecule has 0 fully saturated rings. The van der Waals surface area contributed by atoms with Crippen LogP contribution in [0.3, 0.4) is 0 Å². The molecule has 0 atom stereocenters. The average Bonchev–Trinajstić information content (AvgIpc) is 2.38. The fraction of sp³-hybridized carbons (Fsp3) is 0.200. The predicted octanol–water partition coefficient (Wildman–Crippen LogP) is 3.48. The van der Waals surface area contributed by atoms with E-state index < -0.39 is 0 Å². The van der Waals surface area contributed by atoms with Crippen LogP contribution < -0.4 is 4.74 Å². The second-order valence-corrected chi connectivity index (χ2v) is 3.91. The van der Waals surface area contributed by atoms with Gasteiger partial charge in [0, 0.05) is 17.8 Å². The van der Waals surface area contributed by atoms with Crippen LogP contribution in [-0.4, -0.2) is 11.6 Å². The monoisotopic (exact) mass is 227 g/mol. The highest BCUT2D eigenvalue weighted by molar-refractivity contribution is 5.36. The first-order chi connectivity index (χ1) is 8.35. The van der Waals surface area contributed by atoms with Crippen LogP contribution in [0.2, 0.25) is 0 Å². The van der Waals surface area contributed by atoms with Crippen molar-refractivity contribution in [3.8, 4) is 5.75 Å². The van der Waals surface area contributed by atoms with Gasteiger partial charge in [-0.15, -0.1) is 0 Å². The molecule has 1 aliphatic heterocycles. The molecular weight excluding hydrogens is 210 g/mol. The third kappa shape index (κ3) is 2.59. The van der Waals surface area contributed by atoms with Crippen LogP contribution in [0.5, 0.6) is 5.75 Å². The van der Waals surface area contributed by atoms with Crippen LogP contribution in [-0.2, 0) is 6.54 Å². The standard InChI is InChI=1S/C15H17NO/c1-3-7-14(8-4-2)16-11-13-9-5-6-10-15(13)17-12-16/h3-10H,1,11-12H2,2H3/b8-4-,14-7+. The van der Waals surface area contributed by atoms with Crippen LogP contribution in [0, 0.1) is 0 Å². The zero-order chi connectivity index (χ0) is 12.1. The number of fused-ring (bicyclic) bond motifs is 1. The van der Waals surface area contributed by atoms with Gasteiger partial charge >= 0.3 is 0 Å². The van der Waals surface area contributed by atoms with Crippen molar-refractivity contribution in [1.82, 2.24) is 4.90 Å². The molecule has 0 saturated heterocycles. The molecule has 0 N–H and O–H groups in total. The van der Waals surface area contributed by atoms with Crippen molar-refractivity contribution < 1.29 is 4.74 Å². The van der Waals surface area contributed by atoms with E-state index in [1.807, 2.05) is 37.3 Å². The largest absolute Gasteiger partial charge is 0.473 e. The summed E-state index contributed by atoms with van der Waals surface area (Å²) in [4.78, 5) is 2.18. The fourth-order valence-corrected chi connectivity index (χ4v) is 1.90. The molecule has 0 saturated carbocycles. The van der Waals surface area contributed by atoms with Crippen molar-refractivity contribution in [3.05, 3.63) is 66.4 Å². The van der Waals surface area contributed by atoms with Gasteiger partial charge in [0.05, 0.1) is 0 Å². The summed E-state index contributed by atoms with van der Waals surface area (Å²) in [6.45, 7) is 7.21. The van der Waals surface area contributed by atoms with Gasteiger partial charge in [-0.2, -0.15) is 0 Å². The topological polar surface area (TPSA) is 12.5 Å². The van der Waals surface area contributed by atoms with Gasteiger partial charge in [0.25, 0.3) is 0 Å². The van der Waals surface area contributed by atoms with Crippen LogP contribution in [0.4, 0.5) is 0 Å². The van der Waals surface area contributed by atoms with Crippen LogP contribution in [0.15, 0.2) is 60.8 Å². The van der Waals surface area contributed by atoms with Crippen molar-refractivity contribution >= 4 is 0 Å². The Balaban J connectivity index is 2.21. The number of benzene rings is 1. The van der Waals surface area contributed by atoms with Crippen molar-refractivity contribution in [3.63, 3.8) is 0 Å². The molecule has 1 aromatic rings. The maximum atomic E-state index is 5.73. The van der Waals surface area contributed by atoms with Gasteiger partial charge in [-0.25, -0.2) is 0 Å². The average molecular weight is 227 g/mol.